The minimum Gasteiger partial charge on any atom is -0.497 e. The van der Waals surface area contributed by atoms with E-state index < -0.39 is 0 Å². The topological polar surface area (TPSA) is 25.0 Å². The molecule has 1 radical (unpaired) electrons. The highest BCUT2D eigenvalue weighted by molar-refractivity contribution is 5.82. The van der Waals surface area contributed by atoms with Gasteiger partial charge in [-0.05, 0) is 24.3 Å². The van der Waals surface area contributed by atoms with Crippen LogP contribution in [-0.2, 0) is 0 Å². The smallest absolute Gasteiger partial charge is 0.119 e. The van der Waals surface area contributed by atoms with Crippen molar-refractivity contribution in [3.05, 3.63) is 36.4 Å². The van der Waals surface area contributed by atoms with E-state index in [2.05, 4.69) is 11.1 Å². The van der Waals surface area contributed by atoms with E-state index in [1.54, 1.807) is 7.11 Å². The van der Waals surface area contributed by atoms with Gasteiger partial charge in [0.1, 0.15) is 5.75 Å². The van der Waals surface area contributed by atoms with Gasteiger partial charge < -0.3 is 9.72 Å². The largest absolute Gasteiger partial charge is 0.497 e. The Bertz CT molecular complexity index is 415. The lowest BCUT2D eigenvalue weighted by atomic mass is 10.2. The van der Waals surface area contributed by atoms with Crippen LogP contribution in [0.4, 0.5) is 0 Å². The maximum absolute atomic E-state index is 5.14. The molecule has 0 bridgehead atoms. The Balaban J connectivity index is 2.57. The number of benzene rings is 1. The summed E-state index contributed by atoms with van der Waals surface area (Å²) in [5.74, 6) is 0.897. The van der Waals surface area contributed by atoms with Gasteiger partial charge in [0.05, 0.1) is 7.11 Å². The maximum atomic E-state index is 5.14. The van der Waals surface area contributed by atoms with Crippen molar-refractivity contribution in [1.82, 2.24) is 4.98 Å². The average Bonchev–Trinajstić information content (AvgIpc) is 2.58. The molecule has 0 fully saturated rings. The first-order valence-corrected chi connectivity index (χ1v) is 4.29. The average molecular weight is 174 g/mol. The Labute approximate surface area is 77.5 Å². The Morgan fingerprint density at radius 2 is 2.15 bits per heavy atom. The highest BCUT2D eigenvalue weighted by atomic mass is 16.5. The second-order valence-corrected chi connectivity index (χ2v) is 2.97. The van der Waals surface area contributed by atoms with Crippen molar-refractivity contribution in [3.63, 3.8) is 0 Å². The summed E-state index contributed by atoms with van der Waals surface area (Å²) in [7, 11) is 1.68. The molecule has 1 aromatic heterocycles. The van der Waals surface area contributed by atoms with Crippen molar-refractivity contribution in [3.8, 4) is 5.75 Å². The minimum absolute atomic E-state index is 0.897. The fraction of sp³-hybridized carbons (Fsp3) is 0.182. The van der Waals surface area contributed by atoms with Crippen LogP contribution in [0.5, 0.6) is 5.75 Å². The van der Waals surface area contributed by atoms with E-state index in [1.165, 1.54) is 5.39 Å². The summed E-state index contributed by atoms with van der Waals surface area (Å²) < 4.78 is 5.14. The van der Waals surface area contributed by atoms with Crippen LogP contribution in [0, 0.1) is 6.42 Å². The number of hydrogen-bond acceptors (Lipinski definition) is 1. The fourth-order valence-corrected chi connectivity index (χ4v) is 1.42. The van der Waals surface area contributed by atoms with Crippen molar-refractivity contribution in [2.75, 3.05) is 7.11 Å². The van der Waals surface area contributed by atoms with Crippen molar-refractivity contribution in [1.29, 1.82) is 0 Å². The molecule has 2 rings (SSSR count). The number of methoxy groups -OCH3 is 1. The Hall–Kier alpha value is -1.44. The first-order chi connectivity index (χ1) is 6.33. The van der Waals surface area contributed by atoms with Crippen LogP contribution in [0.3, 0.4) is 0 Å². The van der Waals surface area contributed by atoms with Gasteiger partial charge in [-0.15, -0.1) is 0 Å². The molecule has 0 spiro atoms. The van der Waals surface area contributed by atoms with Gasteiger partial charge in [-0.1, -0.05) is 6.92 Å². The molecular weight excluding hydrogens is 162 g/mol. The summed E-state index contributed by atoms with van der Waals surface area (Å²) >= 11 is 0. The second-order valence-electron chi connectivity index (χ2n) is 2.97. The molecule has 2 aromatic rings. The molecule has 0 unspecified atom stereocenters. The SMILES string of the molecule is C[CH]c1cc2cc(OC)ccc2[nH]1. The summed E-state index contributed by atoms with van der Waals surface area (Å²) in [6.07, 6.45) is 2.05. The molecule has 0 amide bonds. The monoisotopic (exact) mass is 174 g/mol. The first kappa shape index (κ1) is 8.17. The normalized spacial score (nSPS) is 10.6. The molecule has 0 aliphatic rings. The van der Waals surface area contributed by atoms with Gasteiger partial charge in [-0.2, -0.15) is 0 Å². The molecule has 1 heterocycles. The number of H-pyrrole nitrogens is 1. The van der Waals surface area contributed by atoms with Gasteiger partial charge in [-0.3, -0.25) is 0 Å². The van der Waals surface area contributed by atoms with E-state index in [0.717, 1.165) is 17.0 Å². The zero-order valence-corrected chi connectivity index (χ0v) is 7.79. The third-order valence-electron chi connectivity index (χ3n) is 2.16. The van der Waals surface area contributed by atoms with Gasteiger partial charge in [0.25, 0.3) is 0 Å². The van der Waals surface area contributed by atoms with Crippen molar-refractivity contribution in [2.45, 2.75) is 6.92 Å². The molecule has 0 aliphatic carbocycles. The lowest BCUT2D eigenvalue weighted by Gasteiger charge is -1.97. The van der Waals surface area contributed by atoms with E-state index in [4.69, 9.17) is 4.74 Å². The van der Waals surface area contributed by atoms with Crippen LogP contribution >= 0.6 is 0 Å². The lowest BCUT2D eigenvalue weighted by molar-refractivity contribution is 0.415. The minimum atomic E-state index is 0.897. The predicted octanol–water partition coefficient (Wildman–Crippen LogP) is 2.75. The fourth-order valence-electron chi connectivity index (χ4n) is 1.42. The maximum Gasteiger partial charge on any atom is 0.119 e. The first-order valence-electron chi connectivity index (χ1n) is 4.29. The number of ether oxygens (including phenoxy) is 1. The van der Waals surface area contributed by atoms with Crippen molar-refractivity contribution >= 4 is 10.9 Å². The third kappa shape index (κ3) is 1.39. The molecule has 1 N–H and O–H groups in total. The molecule has 0 saturated carbocycles. The van der Waals surface area contributed by atoms with Crippen LogP contribution in [-0.4, -0.2) is 12.1 Å². The van der Waals surface area contributed by atoms with Crippen LogP contribution in [0.15, 0.2) is 24.3 Å². The molecule has 2 nitrogen and oxygen atoms in total. The Morgan fingerprint density at radius 3 is 2.85 bits per heavy atom. The van der Waals surface area contributed by atoms with Crippen LogP contribution in [0.2, 0.25) is 0 Å². The van der Waals surface area contributed by atoms with E-state index >= 15 is 0 Å². The Kier molecular flexibility index (Phi) is 1.97. The van der Waals surface area contributed by atoms with E-state index in [1.807, 2.05) is 31.5 Å². The summed E-state index contributed by atoms with van der Waals surface area (Å²) in [5, 5.41) is 1.19. The van der Waals surface area contributed by atoms with Crippen LogP contribution in [0.25, 0.3) is 10.9 Å². The highest BCUT2D eigenvalue weighted by Crippen LogP contribution is 2.21. The van der Waals surface area contributed by atoms with Gasteiger partial charge in [0, 0.05) is 23.0 Å². The van der Waals surface area contributed by atoms with Gasteiger partial charge in [0.15, 0.2) is 0 Å². The number of aromatic amines is 1. The van der Waals surface area contributed by atoms with E-state index in [-0.39, 0.29) is 0 Å². The van der Waals surface area contributed by atoms with Gasteiger partial charge in [-0.25, -0.2) is 0 Å². The zero-order chi connectivity index (χ0) is 9.26. The third-order valence-corrected chi connectivity index (χ3v) is 2.16. The summed E-state index contributed by atoms with van der Waals surface area (Å²) in [6, 6.07) is 8.12. The number of nitrogens with one attached hydrogen (secondary N) is 1. The quantitative estimate of drug-likeness (QED) is 0.744. The van der Waals surface area contributed by atoms with Gasteiger partial charge in [0.2, 0.25) is 0 Å². The number of aromatic nitrogens is 1. The second kappa shape index (κ2) is 3.13. The molecule has 0 saturated heterocycles. The van der Waals surface area contributed by atoms with Crippen LogP contribution < -0.4 is 4.74 Å². The number of fused-ring (bicyclic) bond motifs is 1. The summed E-state index contributed by atoms with van der Waals surface area (Å²) in [5.41, 5.74) is 2.29. The van der Waals surface area contributed by atoms with Crippen LogP contribution in [0.1, 0.15) is 12.6 Å². The molecule has 1 aromatic carbocycles. The summed E-state index contributed by atoms with van der Waals surface area (Å²) in [4.78, 5) is 3.29. The van der Waals surface area contributed by atoms with Crippen molar-refractivity contribution < 1.29 is 4.74 Å². The molecule has 13 heavy (non-hydrogen) atoms. The highest BCUT2D eigenvalue weighted by Gasteiger charge is 1.99. The Morgan fingerprint density at radius 1 is 1.31 bits per heavy atom. The van der Waals surface area contributed by atoms with Crippen molar-refractivity contribution in [2.24, 2.45) is 0 Å². The summed E-state index contributed by atoms with van der Waals surface area (Å²) in [6.45, 7) is 2.02. The molecule has 67 valence electrons. The predicted molar refractivity (Wildman–Crippen MR) is 53.9 cm³/mol. The molecule has 0 atom stereocenters. The number of hydrogen-bond donors (Lipinski definition) is 1. The van der Waals surface area contributed by atoms with Gasteiger partial charge >= 0.3 is 0 Å². The standard InChI is InChI=1S/C11H12NO/c1-3-9-6-8-7-10(13-2)4-5-11(8)12-9/h3-7,12H,1-2H3. The van der Waals surface area contributed by atoms with E-state index in [0.29, 0.717) is 0 Å². The van der Waals surface area contributed by atoms with E-state index in [9.17, 15) is 0 Å². The lowest BCUT2D eigenvalue weighted by Crippen LogP contribution is -1.80. The molecule has 2 heteroatoms. The number of rotatable bonds is 2. The molecule has 0 aliphatic heterocycles. The molecular formula is C11H12NO. The zero-order valence-electron chi connectivity index (χ0n) is 7.79.